The number of fused-ring (bicyclic) bond motifs is 1. The Hall–Kier alpha value is -2.08. The Morgan fingerprint density at radius 2 is 1.95 bits per heavy atom. The van der Waals surface area contributed by atoms with Gasteiger partial charge in [-0.05, 0) is 42.3 Å². The zero-order valence-electron chi connectivity index (χ0n) is 10.3. The number of carboxylic acids is 1. The van der Waals surface area contributed by atoms with E-state index in [1.54, 1.807) is 4.90 Å². The van der Waals surface area contributed by atoms with Crippen molar-refractivity contribution in [1.29, 1.82) is 0 Å². The maximum Gasteiger partial charge on any atom is 0.371 e. The van der Waals surface area contributed by atoms with Gasteiger partial charge in [0.1, 0.15) is 0 Å². The molecule has 2 aromatic rings. The number of halogens is 1. The summed E-state index contributed by atoms with van der Waals surface area (Å²) in [5.74, 6) is -1.70. The molecule has 1 N–H and O–H groups in total. The molecule has 0 aliphatic carbocycles. The number of hydrogen-bond donors (Lipinski definition) is 1. The van der Waals surface area contributed by atoms with E-state index in [0.29, 0.717) is 6.54 Å². The molecule has 0 saturated carbocycles. The van der Waals surface area contributed by atoms with Gasteiger partial charge in [0.2, 0.25) is 5.76 Å². The smallest absolute Gasteiger partial charge is 0.371 e. The van der Waals surface area contributed by atoms with E-state index in [0.717, 1.165) is 22.1 Å². The highest BCUT2D eigenvalue weighted by Crippen LogP contribution is 2.31. The molecule has 102 valence electrons. The van der Waals surface area contributed by atoms with Gasteiger partial charge in [0.15, 0.2) is 5.76 Å². The van der Waals surface area contributed by atoms with Gasteiger partial charge in [0.25, 0.3) is 5.91 Å². The SMILES string of the molecule is O=C(O)c1ccc(C(=O)N2CCc3cc(Br)ccc32)o1. The number of aromatic carboxylic acids is 1. The lowest BCUT2D eigenvalue weighted by atomic mass is 10.2. The first-order chi connectivity index (χ1) is 9.56. The fraction of sp³-hybridized carbons (Fsp3) is 0.143. The van der Waals surface area contributed by atoms with Crippen LogP contribution in [0.5, 0.6) is 0 Å². The Bertz CT molecular complexity index is 707. The number of anilines is 1. The van der Waals surface area contributed by atoms with Crippen LogP contribution in [0.2, 0.25) is 0 Å². The van der Waals surface area contributed by atoms with Crippen LogP contribution in [0, 0.1) is 0 Å². The van der Waals surface area contributed by atoms with E-state index in [1.807, 2.05) is 18.2 Å². The number of rotatable bonds is 2. The predicted molar refractivity (Wildman–Crippen MR) is 75.2 cm³/mol. The van der Waals surface area contributed by atoms with E-state index >= 15 is 0 Å². The van der Waals surface area contributed by atoms with Crippen LogP contribution < -0.4 is 4.90 Å². The van der Waals surface area contributed by atoms with Gasteiger partial charge in [-0.3, -0.25) is 4.79 Å². The second kappa shape index (κ2) is 4.79. The third-order valence-corrected chi connectivity index (χ3v) is 3.70. The van der Waals surface area contributed by atoms with E-state index in [2.05, 4.69) is 15.9 Å². The van der Waals surface area contributed by atoms with E-state index in [-0.39, 0.29) is 17.4 Å². The summed E-state index contributed by atoms with van der Waals surface area (Å²) < 4.78 is 6.03. The average molecular weight is 336 g/mol. The van der Waals surface area contributed by atoms with Crippen molar-refractivity contribution in [3.63, 3.8) is 0 Å². The Morgan fingerprint density at radius 3 is 2.65 bits per heavy atom. The van der Waals surface area contributed by atoms with Crippen LogP contribution >= 0.6 is 15.9 Å². The predicted octanol–water partition coefficient (Wildman–Crippen LogP) is 2.94. The highest BCUT2D eigenvalue weighted by atomic mass is 79.9. The molecule has 1 aromatic heterocycles. The molecule has 20 heavy (non-hydrogen) atoms. The monoisotopic (exact) mass is 335 g/mol. The third kappa shape index (κ3) is 2.12. The number of carboxylic acid groups (broad SMARTS) is 1. The summed E-state index contributed by atoms with van der Waals surface area (Å²) in [6.07, 6.45) is 0.771. The Balaban J connectivity index is 1.91. The minimum atomic E-state index is -1.19. The summed E-state index contributed by atoms with van der Waals surface area (Å²) in [5.41, 5.74) is 1.92. The van der Waals surface area contributed by atoms with Crippen molar-refractivity contribution in [3.05, 3.63) is 51.9 Å². The van der Waals surface area contributed by atoms with Crippen LogP contribution in [-0.2, 0) is 6.42 Å². The van der Waals surface area contributed by atoms with Gasteiger partial charge >= 0.3 is 5.97 Å². The van der Waals surface area contributed by atoms with Gasteiger partial charge in [-0.1, -0.05) is 15.9 Å². The fourth-order valence-corrected chi connectivity index (χ4v) is 2.69. The number of furan rings is 1. The van der Waals surface area contributed by atoms with E-state index in [4.69, 9.17) is 9.52 Å². The second-order valence-electron chi connectivity index (χ2n) is 4.45. The zero-order chi connectivity index (χ0) is 14.3. The molecule has 0 bridgehead atoms. The molecule has 6 heteroatoms. The highest BCUT2D eigenvalue weighted by molar-refractivity contribution is 9.10. The Morgan fingerprint density at radius 1 is 1.20 bits per heavy atom. The minimum absolute atomic E-state index is 0.0400. The largest absolute Gasteiger partial charge is 0.475 e. The summed E-state index contributed by atoms with van der Waals surface area (Å²) in [5, 5.41) is 8.81. The molecule has 1 aromatic carbocycles. The lowest BCUT2D eigenvalue weighted by Gasteiger charge is -2.15. The molecule has 1 aliphatic heterocycles. The highest BCUT2D eigenvalue weighted by Gasteiger charge is 2.28. The Kier molecular flexibility index (Phi) is 3.10. The normalized spacial score (nSPS) is 13.3. The van der Waals surface area contributed by atoms with E-state index < -0.39 is 5.97 Å². The average Bonchev–Trinajstić information content (AvgIpc) is 3.04. The number of amides is 1. The molecule has 5 nitrogen and oxygen atoms in total. The molecular weight excluding hydrogens is 326 g/mol. The first kappa shape index (κ1) is 12.9. The summed E-state index contributed by atoms with van der Waals surface area (Å²) in [6, 6.07) is 8.39. The quantitative estimate of drug-likeness (QED) is 0.915. The number of carbonyl (C=O) groups is 2. The fourth-order valence-electron chi connectivity index (χ4n) is 2.28. The number of benzene rings is 1. The molecule has 0 radical (unpaired) electrons. The van der Waals surface area contributed by atoms with Gasteiger partial charge in [-0.25, -0.2) is 4.79 Å². The second-order valence-corrected chi connectivity index (χ2v) is 5.36. The van der Waals surface area contributed by atoms with Crippen molar-refractivity contribution in [2.45, 2.75) is 6.42 Å². The first-order valence-corrected chi connectivity index (χ1v) is 6.79. The summed E-state index contributed by atoms with van der Waals surface area (Å²) in [6.45, 7) is 0.563. The molecule has 1 amide bonds. The standard InChI is InChI=1S/C14H10BrNO4/c15-9-1-2-10-8(7-9)5-6-16(10)13(17)11-3-4-12(20-11)14(18)19/h1-4,7H,5-6H2,(H,18,19). The molecule has 0 fully saturated rings. The molecule has 0 unspecified atom stereocenters. The summed E-state index contributed by atoms with van der Waals surface area (Å²) in [7, 11) is 0. The van der Waals surface area contributed by atoms with Crippen LogP contribution in [0.15, 0.2) is 39.2 Å². The Labute approximate surface area is 122 Å². The van der Waals surface area contributed by atoms with E-state index in [1.165, 1.54) is 12.1 Å². The van der Waals surface area contributed by atoms with Crippen LogP contribution in [0.25, 0.3) is 0 Å². The molecule has 3 rings (SSSR count). The molecule has 2 heterocycles. The lowest BCUT2D eigenvalue weighted by Crippen LogP contribution is -2.28. The molecule has 0 saturated heterocycles. The first-order valence-electron chi connectivity index (χ1n) is 5.99. The topological polar surface area (TPSA) is 70.8 Å². The van der Waals surface area contributed by atoms with Crippen molar-refractivity contribution in [2.24, 2.45) is 0 Å². The van der Waals surface area contributed by atoms with Gasteiger partial charge < -0.3 is 14.4 Å². The van der Waals surface area contributed by atoms with Crippen molar-refractivity contribution < 1.29 is 19.1 Å². The van der Waals surface area contributed by atoms with Crippen molar-refractivity contribution in [1.82, 2.24) is 0 Å². The van der Waals surface area contributed by atoms with Gasteiger partial charge in [0, 0.05) is 16.7 Å². The zero-order valence-corrected chi connectivity index (χ0v) is 11.9. The van der Waals surface area contributed by atoms with Crippen molar-refractivity contribution in [2.75, 3.05) is 11.4 Å². The van der Waals surface area contributed by atoms with E-state index in [9.17, 15) is 9.59 Å². The maximum absolute atomic E-state index is 12.4. The van der Waals surface area contributed by atoms with Gasteiger partial charge in [-0.15, -0.1) is 0 Å². The molecule has 1 aliphatic rings. The number of carbonyl (C=O) groups excluding carboxylic acids is 1. The summed E-state index contributed by atoms with van der Waals surface area (Å²) >= 11 is 3.40. The van der Waals surface area contributed by atoms with Gasteiger partial charge in [-0.2, -0.15) is 0 Å². The third-order valence-electron chi connectivity index (χ3n) is 3.21. The minimum Gasteiger partial charge on any atom is -0.475 e. The van der Waals surface area contributed by atoms with Crippen molar-refractivity contribution in [3.8, 4) is 0 Å². The number of nitrogens with zero attached hydrogens (tertiary/aromatic N) is 1. The molecule has 0 atom stereocenters. The summed E-state index contributed by atoms with van der Waals surface area (Å²) in [4.78, 5) is 24.7. The van der Waals surface area contributed by atoms with Crippen LogP contribution in [0.3, 0.4) is 0 Å². The van der Waals surface area contributed by atoms with Gasteiger partial charge in [0.05, 0.1) is 0 Å². The maximum atomic E-state index is 12.4. The van der Waals surface area contributed by atoms with Crippen LogP contribution in [0.4, 0.5) is 5.69 Å². The van der Waals surface area contributed by atoms with Crippen molar-refractivity contribution >= 4 is 33.5 Å². The molecular formula is C14H10BrNO4. The lowest BCUT2D eigenvalue weighted by molar-refractivity contribution is 0.0660. The van der Waals surface area contributed by atoms with Crippen LogP contribution in [-0.4, -0.2) is 23.5 Å². The molecule has 0 spiro atoms. The number of hydrogen-bond acceptors (Lipinski definition) is 3. The van der Waals surface area contributed by atoms with Crippen LogP contribution in [0.1, 0.15) is 26.7 Å².